The lowest BCUT2D eigenvalue weighted by molar-refractivity contribution is -0.274. The van der Waals surface area contributed by atoms with E-state index in [4.69, 9.17) is 4.74 Å². The van der Waals surface area contributed by atoms with Crippen molar-refractivity contribution in [2.75, 3.05) is 29.4 Å². The maximum absolute atomic E-state index is 13.4. The molecule has 0 bridgehead atoms. The number of nitrogens with zero attached hydrogens (tertiary/aromatic N) is 3. The number of hydrogen-bond donors (Lipinski definition) is 0. The molecular formula is C27H26F3N3O3. The van der Waals surface area contributed by atoms with Crippen LogP contribution in [0.25, 0.3) is 0 Å². The van der Waals surface area contributed by atoms with Gasteiger partial charge in [-0.15, -0.1) is 13.2 Å². The van der Waals surface area contributed by atoms with Gasteiger partial charge in [-0.1, -0.05) is 36.4 Å². The Morgan fingerprint density at radius 2 is 1.56 bits per heavy atom. The Bertz CT molecular complexity index is 1190. The topological polar surface area (TPSA) is 54.9 Å². The number of pyridine rings is 1. The number of hydrogen-bond acceptors (Lipinski definition) is 5. The highest BCUT2D eigenvalue weighted by Crippen LogP contribution is 2.44. The number of carbonyl (C=O) groups excluding carboxylic acids is 1. The molecule has 0 saturated carbocycles. The lowest BCUT2D eigenvalue weighted by Gasteiger charge is -2.38. The first kappa shape index (κ1) is 24.0. The van der Waals surface area contributed by atoms with Crippen LogP contribution in [0, 0.1) is 5.41 Å². The van der Waals surface area contributed by atoms with E-state index in [1.807, 2.05) is 48.5 Å². The van der Waals surface area contributed by atoms with Gasteiger partial charge in [0.05, 0.1) is 5.41 Å². The summed E-state index contributed by atoms with van der Waals surface area (Å²) in [5.74, 6) is 1.10. The molecule has 0 radical (unpaired) electrons. The average Bonchev–Trinajstić information content (AvgIpc) is 3.19. The molecule has 6 nitrogen and oxygen atoms in total. The second kappa shape index (κ2) is 9.72. The lowest BCUT2D eigenvalue weighted by atomic mass is 9.77. The fraction of sp³-hybridized carbons (Fsp3) is 0.333. The number of ether oxygens (including phenoxy) is 2. The first-order chi connectivity index (χ1) is 17.3. The van der Waals surface area contributed by atoms with Crippen molar-refractivity contribution in [1.82, 2.24) is 4.98 Å². The predicted molar refractivity (Wildman–Crippen MR) is 129 cm³/mol. The van der Waals surface area contributed by atoms with Gasteiger partial charge in [-0.3, -0.25) is 4.79 Å². The van der Waals surface area contributed by atoms with Crippen LogP contribution in [-0.2, 0) is 11.4 Å². The van der Waals surface area contributed by atoms with E-state index in [0.29, 0.717) is 57.1 Å². The Morgan fingerprint density at radius 1 is 0.861 bits per heavy atom. The fourth-order valence-electron chi connectivity index (χ4n) is 4.91. The first-order valence-corrected chi connectivity index (χ1v) is 11.9. The molecule has 3 aromatic rings. The van der Waals surface area contributed by atoms with Gasteiger partial charge in [-0.05, 0) is 55.2 Å². The SMILES string of the molecule is O=C1N(c2ccc(OC(F)(F)F)cc2)CCC12CCN(c1cccc(OCc3ccccc3)n1)CC2. The van der Waals surface area contributed by atoms with Crippen molar-refractivity contribution in [2.45, 2.75) is 32.2 Å². The van der Waals surface area contributed by atoms with Crippen LogP contribution in [0.3, 0.4) is 0 Å². The molecule has 2 aromatic carbocycles. The van der Waals surface area contributed by atoms with Crippen LogP contribution < -0.4 is 19.3 Å². The lowest BCUT2D eigenvalue weighted by Crippen LogP contribution is -2.45. The summed E-state index contributed by atoms with van der Waals surface area (Å²) in [7, 11) is 0. The molecular weight excluding hydrogens is 471 g/mol. The van der Waals surface area contributed by atoms with Gasteiger partial charge in [0.2, 0.25) is 11.8 Å². The van der Waals surface area contributed by atoms with Crippen molar-refractivity contribution in [3.05, 3.63) is 78.4 Å². The minimum absolute atomic E-state index is 0.0274. The molecule has 5 rings (SSSR count). The molecule has 188 valence electrons. The van der Waals surface area contributed by atoms with E-state index >= 15 is 0 Å². The molecule has 0 N–H and O–H groups in total. The van der Waals surface area contributed by atoms with Crippen molar-refractivity contribution < 1.29 is 27.4 Å². The minimum Gasteiger partial charge on any atom is -0.473 e. The molecule has 0 aliphatic carbocycles. The number of halogens is 3. The van der Waals surface area contributed by atoms with Gasteiger partial charge in [0.1, 0.15) is 18.2 Å². The van der Waals surface area contributed by atoms with Crippen molar-refractivity contribution in [3.8, 4) is 11.6 Å². The highest BCUT2D eigenvalue weighted by atomic mass is 19.4. The molecule has 3 heterocycles. The van der Waals surface area contributed by atoms with E-state index in [9.17, 15) is 18.0 Å². The maximum Gasteiger partial charge on any atom is 0.573 e. The Balaban J connectivity index is 1.19. The van der Waals surface area contributed by atoms with Gasteiger partial charge in [0.25, 0.3) is 0 Å². The Labute approximate surface area is 207 Å². The van der Waals surface area contributed by atoms with E-state index < -0.39 is 11.8 Å². The van der Waals surface area contributed by atoms with Crippen LogP contribution in [0.15, 0.2) is 72.8 Å². The summed E-state index contributed by atoms with van der Waals surface area (Å²) in [6, 6.07) is 21.1. The predicted octanol–water partition coefficient (Wildman–Crippen LogP) is 5.58. The van der Waals surface area contributed by atoms with Gasteiger partial charge in [-0.25, -0.2) is 0 Å². The highest BCUT2D eigenvalue weighted by Gasteiger charge is 2.48. The largest absolute Gasteiger partial charge is 0.573 e. The van der Waals surface area contributed by atoms with E-state index in [2.05, 4.69) is 14.6 Å². The molecule has 9 heteroatoms. The highest BCUT2D eigenvalue weighted by molar-refractivity contribution is 6.00. The van der Waals surface area contributed by atoms with Crippen molar-refractivity contribution in [3.63, 3.8) is 0 Å². The number of carbonyl (C=O) groups is 1. The number of piperidine rings is 1. The van der Waals surface area contributed by atoms with Crippen molar-refractivity contribution >= 4 is 17.4 Å². The quantitative estimate of drug-likeness (QED) is 0.445. The summed E-state index contributed by atoms with van der Waals surface area (Å²) in [5, 5.41) is 0. The Morgan fingerprint density at radius 3 is 2.25 bits per heavy atom. The summed E-state index contributed by atoms with van der Waals surface area (Å²) in [4.78, 5) is 21.9. The van der Waals surface area contributed by atoms with Gasteiger partial charge in [-0.2, -0.15) is 4.98 Å². The number of alkyl halides is 3. The zero-order valence-electron chi connectivity index (χ0n) is 19.6. The molecule has 0 unspecified atom stereocenters. The number of benzene rings is 2. The van der Waals surface area contributed by atoms with Crippen LogP contribution in [0.4, 0.5) is 24.7 Å². The fourth-order valence-corrected chi connectivity index (χ4v) is 4.91. The average molecular weight is 498 g/mol. The number of rotatable bonds is 6. The second-order valence-corrected chi connectivity index (χ2v) is 9.12. The summed E-state index contributed by atoms with van der Waals surface area (Å²) < 4.78 is 47.1. The number of anilines is 2. The summed E-state index contributed by atoms with van der Waals surface area (Å²) in [6.07, 6.45) is -2.65. The molecule has 1 amide bonds. The minimum atomic E-state index is -4.74. The molecule has 2 saturated heterocycles. The Hall–Kier alpha value is -3.75. The van der Waals surface area contributed by atoms with Crippen LogP contribution in [0.5, 0.6) is 11.6 Å². The molecule has 2 aliphatic heterocycles. The van der Waals surface area contributed by atoms with Crippen molar-refractivity contribution in [2.24, 2.45) is 5.41 Å². The van der Waals surface area contributed by atoms with Crippen molar-refractivity contribution in [1.29, 1.82) is 0 Å². The molecule has 1 aromatic heterocycles. The normalized spacial score (nSPS) is 17.5. The third-order valence-electron chi connectivity index (χ3n) is 6.88. The van der Waals surface area contributed by atoms with Gasteiger partial charge < -0.3 is 19.3 Å². The van der Waals surface area contributed by atoms with Crippen LogP contribution >= 0.6 is 0 Å². The standard InChI is InChI=1S/C27H26F3N3O3/c28-27(29,30)36-22-11-9-21(10-12-22)33-18-15-26(25(33)34)13-16-32(17-14-26)23-7-4-8-24(31-23)35-19-20-5-2-1-3-6-20/h1-12H,13-19H2. The monoisotopic (exact) mass is 497 g/mol. The van der Waals surface area contributed by atoms with E-state index in [1.165, 1.54) is 24.3 Å². The Kier molecular flexibility index (Phi) is 6.47. The molecule has 36 heavy (non-hydrogen) atoms. The van der Waals surface area contributed by atoms with Crippen LogP contribution in [-0.4, -0.2) is 36.9 Å². The third kappa shape index (κ3) is 5.24. The second-order valence-electron chi connectivity index (χ2n) is 9.12. The van der Waals surface area contributed by atoms with Crippen LogP contribution in [0.2, 0.25) is 0 Å². The summed E-state index contributed by atoms with van der Waals surface area (Å²) >= 11 is 0. The zero-order valence-corrected chi connectivity index (χ0v) is 19.6. The van der Waals surface area contributed by atoms with E-state index in [-0.39, 0.29) is 11.7 Å². The smallest absolute Gasteiger partial charge is 0.473 e. The molecule has 0 atom stereocenters. The van der Waals surface area contributed by atoms with Gasteiger partial charge in [0, 0.05) is 31.4 Å². The molecule has 1 spiro atoms. The first-order valence-electron chi connectivity index (χ1n) is 11.9. The molecule has 2 fully saturated rings. The summed E-state index contributed by atoms with van der Waals surface area (Å²) in [5.41, 5.74) is 1.19. The maximum atomic E-state index is 13.4. The molecule has 2 aliphatic rings. The van der Waals surface area contributed by atoms with Gasteiger partial charge in [0.15, 0.2) is 0 Å². The van der Waals surface area contributed by atoms with E-state index in [1.54, 1.807) is 4.90 Å². The zero-order chi connectivity index (χ0) is 25.2. The summed E-state index contributed by atoms with van der Waals surface area (Å²) in [6.45, 7) is 2.35. The van der Waals surface area contributed by atoms with Gasteiger partial charge >= 0.3 is 6.36 Å². The number of amides is 1. The van der Waals surface area contributed by atoms with E-state index in [0.717, 1.165) is 11.4 Å². The number of aromatic nitrogens is 1. The van der Waals surface area contributed by atoms with Crippen LogP contribution in [0.1, 0.15) is 24.8 Å². The third-order valence-corrected chi connectivity index (χ3v) is 6.88.